The number of carbonyl (C=O) groups excluding carboxylic acids is 1. The van der Waals surface area contributed by atoms with Gasteiger partial charge in [-0.25, -0.2) is 0 Å². The molecule has 0 radical (unpaired) electrons. The van der Waals surface area contributed by atoms with Gasteiger partial charge in [0.25, 0.3) is 0 Å². The molecule has 0 spiro atoms. The largest absolute Gasteiger partial charge is 0.481 e. The van der Waals surface area contributed by atoms with Crippen LogP contribution in [0.5, 0.6) is 0 Å². The SMILES string of the molecule is CCC#CCC(C)C(O)C=CC1CCC(=O)N1CCCCCCC(=O)O. The smallest absolute Gasteiger partial charge is 0.303 e. The van der Waals surface area contributed by atoms with Crippen molar-refractivity contribution in [2.24, 2.45) is 5.92 Å². The molecule has 2 N–H and O–H groups in total. The molecule has 0 aromatic carbocycles. The molecular formula is C21H33NO4. The van der Waals surface area contributed by atoms with E-state index in [1.165, 1.54) is 0 Å². The van der Waals surface area contributed by atoms with Gasteiger partial charge in [0.05, 0.1) is 12.1 Å². The van der Waals surface area contributed by atoms with Gasteiger partial charge < -0.3 is 15.1 Å². The minimum absolute atomic E-state index is 0.0603. The first-order chi connectivity index (χ1) is 12.5. The van der Waals surface area contributed by atoms with Crippen LogP contribution in [0.15, 0.2) is 12.2 Å². The number of unbranched alkanes of at least 4 members (excludes halogenated alkanes) is 3. The third kappa shape index (κ3) is 8.53. The molecule has 3 unspecified atom stereocenters. The summed E-state index contributed by atoms with van der Waals surface area (Å²) in [7, 11) is 0. The van der Waals surface area contributed by atoms with Crippen LogP contribution < -0.4 is 0 Å². The Morgan fingerprint density at radius 2 is 2.04 bits per heavy atom. The number of aliphatic carboxylic acids is 1. The molecule has 3 atom stereocenters. The fourth-order valence-corrected chi connectivity index (χ4v) is 3.07. The van der Waals surface area contributed by atoms with E-state index in [1.807, 2.05) is 24.8 Å². The lowest BCUT2D eigenvalue weighted by Gasteiger charge is -2.23. The molecule has 1 aliphatic heterocycles. The second-order valence-electron chi connectivity index (χ2n) is 7.02. The number of hydrogen-bond donors (Lipinski definition) is 2. The number of hydrogen-bond acceptors (Lipinski definition) is 3. The minimum Gasteiger partial charge on any atom is -0.481 e. The highest BCUT2D eigenvalue weighted by Crippen LogP contribution is 2.21. The zero-order chi connectivity index (χ0) is 19.4. The van der Waals surface area contributed by atoms with Crippen LogP contribution in [0.2, 0.25) is 0 Å². The lowest BCUT2D eigenvalue weighted by molar-refractivity contribution is -0.137. The van der Waals surface area contributed by atoms with E-state index >= 15 is 0 Å². The van der Waals surface area contributed by atoms with Gasteiger partial charge in [0.15, 0.2) is 0 Å². The van der Waals surface area contributed by atoms with Crippen molar-refractivity contribution < 1.29 is 19.8 Å². The number of amides is 1. The van der Waals surface area contributed by atoms with Crippen LogP contribution in [-0.4, -0.2) is 45.7 Å². The van der Waals surface area contributed by atoms with E-state index in [-0.39, 0.29) is 24.3 Å². The first-order valence-corrected chi connectivity index (χ1v) is 9.79. The molecule has 1 fully saturated rings. The molecule has 5 heteroatoms. The highest BCUT2D eigenvalue weighted by molar-refractivity contribution is 5.79. The van der Waals surface area contributed by atoms with E-state index in [2.05, 4.69) is 11.8 Å². The molecule has 0 aliphatic carbocycles. The average molecular weight is 363 g/mol. The molecule has 1 saturated heterocycles. The topological polar surface area (TPSA) is 77.8 Å². The lowest BCUT2D eigenvalue weighted by Crippen LogP contribution is -2.33. The predicted octanol–water partition coefficient (Wildman–Crippen LogP) is 3.37. The first kappa shape index (κ1) is 22.2. The number of carbonyl (C=O) groups is 2. The Hall–Kier alpha value is -1.80. The summed E-state index contributed by atoms with van der Waals surface area (Å²) in [6.45, 7) is 4.69. The van der Waals surface area contributed by atoms with Crippen LogP contribution in [0.25, 0.3) is 0 Å². The van der Waals surface area contributed by atoms with Crippen molar-refractivity contribution >= 4 is 11.9 Å². The molecule has 0 aromatic rings. The molecule has 1 rings (SSSR count). The highest BCUT2D eigenvalue weighted by Gasteiger charge is 2.28. The van der Waals surface area contributed by atoms with E-state index in [0.29, 0.717) is 25.8 Å². The Bertz CT molecular complexity index is 532. The fraction of sp³-hybridized carbons (Fsp3) is 0.714. The molecule has 0 bridgehead atoms. The normalized spacial score (nSPS) is 19.4. The summed E-state index contributed by atoms with van der Waals surface area (Å²) < 4.78 is 0. The van der Waals surface area contributed by atoms with Crippen LogP contribution in [-0.2, 0) is 9.59 Å². The highest BCUT2D eigenvalue weighted by atomic mass is 16.4. The molecule has 0 aromatic heterocycles. The van der Waals surface area contributed by atoms with Crippen molar-refractivity contribution in [1.29, 1.82) is 0 Å². The lowest BCUT2D eigenvalue weighted by atomic mass is 10.00. The van der Waals surface area contributed by atoms with Crippen LogP contribution in [0.1, 0.15) is 71.6 Å². The van der Waals surface area contributed by atoms with Crippen molar-refractivity contribution in [3.05, 3.63) is 12.2 Å². The quantitative estimate of drug-likeness (QED) is 0.335. The van der Waals surface area contributed by atoms with Crippen LogP contribution >= 0.6 is 0 Å². The van der Waals surface area contributed by atoms with Crippen LogP contribution in [0.4, 0.5) is 0 Å². The van der Waals surface area contributed by atoms with Crippen molar-refractivity contribution in [3.63, 3.8) is 0 Å². The Morgan fingerprint density at radius 1 is 1.31 bits per heavy atom. The Kier molecular flexibility index (Phi) is 10.7. The van der Waals surface area contributed by atoms with Gasteiger partial charge in [-0.3, -0.25) is 9.59 Å². The van der Waals surface area contributed by atoms with E-state index in [4.69, 9.17) is 5.11 Å². The summed E-state index contributed by atoms with van der Waals surface area (Å²) >= 11 is 0. The molecule has 1 heterocycles. The monoisotopic (exact) mass is 363 g/mol. The van der Waals surface area contributed by atoms with Gasteiger partial charge in [0.1, 0.15) is 0 Å². The molecule has 1 amide bonds. The Labute approximate surface area is 157 Å². The van der Waals surface area contributed by atoms with E-state index in [9.17, 15) is 14.7 Å². The maximum atomic E-state index is 12.1. The van der Waals surface area contributed by atoms with Gasteiger partial charge in [-0.15, -0.1) is 11.8 Å². The number of rotatable bonds is 11. The fourth-order valence-electron chi connectivity index (χ4n) is 3.07. The van der Waals surface area contributed by atoms with Gasteiger partial charge >= 0.3 is 5.97 Å². The van der Waals surface area contributed by atoms with E-state index in [1.54, 1.807) is 6.08 Å². The standard InChI is InChI=1S/C21H33NO4/c1-3-4-7-10-17(2)19(23)14-12-18-13-15-20(24)22(18)16-9-6-5-8-11-21(25)26/h12,14,17-19,23H,3,5-6,8-11,13,15-16H2,1-2H3,(H,25,26). The number of aliphatic hydroxyl groups excluding tert-OH is 1. The number of carboxylic acids is 1. The molecule has 1 aliphatic rings. The van der Waals surface area contributed by atoms with Gasteiger partial charge in [-0.1, -0.05) is 38.8 Å². The van der Waals surface area contributed by atoms with Crippen molar-refractivity contribution in [2.45, 2.75) is 83.8 Å². The summed E-state index contributed by atoms with van der Waals surface area (Å²) in [5.41, 5.74) is 0. The predicted molar refractivity (Wildman–Crippen MR) is 102 cm³/mol. The number of likely N-dealkylation sites (tertiary alicyclic amines) is 1. The third-order valence-corrected chi connectivity index (χ3v) is 4.75. The maximum Gasteiger partial charge on any atom is 0.303 e. The minimum atomic E-state index is -0.751. The van der Waals surface area contributed by atoms with Crippen LogP contribution in [0.3, 0.4) is 0 Å². The summed E-state index contributed by atoms with van der Waals surface area (Å²) in [6.07, 6.45) is 9.68. The Balaban J connectivity index is 2.39. The third-order valence-electron chi connectivity index (χ3n) is 4.75. The molecule has 5 nitrogen and oxygen atoms in total. The molecule has 146 valence electrons. The molecule has 26 heavy (non-hydrogen) atoms. The van der Waals surface area contributed by atoms with Crippen molar-refractivity contribution in [3.8, 4) is 11.8 Å². The Morgan fingerprint density at radius 3 is 2.73 bits per heavy atom. The maximum absolute atomic E-state index is 12.1. The number of aliphatic hydroxyl groups is 1. The number of nitrogens with zero attached hydrogens (tertiary/aromatic N) is 1. The summed E-state index contributed by atoms with van der Waals surface area (Å²) in [5, 5.41) is 18.9. The van der Waals surface area contributed by atoms with Crippen molar-refractivity contribution in [1.82, 2.24) is 4.90 Å². The second-order valence-corrected chi connectivity index (χ2v) is 7.02. The molecule has 0 saturated carbocycles. The summed E-state index contributed by atoms with van der Waals surface area (Å²) in [4.78, 5) is 24.5. The van der Waals surface area contributed by atoms with E-state index in [0.717, 1.165) is 32.1 Å². The van der Waals surface area contributed by atoms with Crippen molar-refractivity contribution in [2.75, 3.05) is 6.54 Å². The average Bonchev–Trinajstić information content (AvgIpc) is 2.95. The molecular weight excluding hydrogens is 330 g/mol. The van der Waals surface area contributed by atoms with Gasteiger partial charge in [0, 0.05) is 32.2 Å². The first-order valence-electron chi connectivity index (χ1n) is 9.79. The van der Waals surface area contributed by atoms with Gasteiger partial charge in [-0.05, 0) is 25.2 Å². The zero-order valence-electron chi connectivity index (χ0n) is 16.1. The van der Waals surface area contributed by atoms with E-state index < -0.39 is 12.1 Å². The summed E-state index contributed by atoms with van der Waals surface area (Å²) in [5.74, 6) is 5.57. The van der Waals surface area contributed by atoms with Gasteiger partial charge in [0.2, 0.25) is 5.91 Å². The van der Waals surface area contributed by atoms with Gasteiger partial charge in [-0.2, -0.15) is 0 Å². The number of carboxylic acid groups (broad SMARTS) is 1. The zero-order valence-corrected chi connectivity index (χ0v) is 16.1. The second kappa shape index (κ2) is 12.5. The van der Waals surface area contributed by atoms with Crippen LogP contribution in [0, 0.1) is 17.8 Å². The summed E-state index contributed by atoms with van der Waals surface area (Å²) in [6, 6.07) is 0.0603.